The van der Waals surface area contributed by atoms with Crippen LogP contribution in [0, 0.1) is 10.8 Å². The lowest BCUT2D eigenvalue weighted by Gasteiger charge is -2.23. The van der Waals surface area contributed by atoms with Gasteiger partial charge in [-0.1, -0.05) is 0 Å². The highest BCUT2D eigenvalue weighted by atomic mass is 16.3. The Morgan fingerprint density at radius 2 is 2.25 bits per heavy atom. The number of fused-ring (bicyclic) bond motifs is 1. The minimum absolute atomic E-state index is 0.0116. The molecule has 0 aromatic carbocycles. The molecule has 4 atom stereocenters. The molecule has 2 aliphatic rings. The molecular weight excluding hydrogens is 156 g/mol. The van der Waals surface area contributed by atoms with E-state index < -0.39 is 0 Å². The summed E-state index contributed by atoms with van der Waals surface area (Å²) >= 11 is 0. The van der Waals surface area contributed by atoms with Gasteiger partial charge < -0.3 is 5.11 Å². The summed E-state index contributed by atoms with van der Waals surface area (Å²) in [6.07, 6.45) is 2.54. The van der Waals surface area contributed by atoms with Crippen molar-refractivity contribution in [1.29, 1.82) is 0 Å². The summed E-state index contributed by atoms with van der Waals surface area (Å²) < 4.78 is 0. The number of hydrogen-bond acceptors (Lipinski definition) is 3. The van der Waals surface area contributed by atoms with Crippen LogP contribution < -0.4 is 0 Å². The first kappa shape index (κ1) is 7.98. The van der Waals surface area contributed by atoms with Gasteiger partial charge in [0, 0.05) is 6.04 Å². The Balaban J connectivity index is 2.17. The monoisotopic (exact) mass is 170 g/mol. The molecule has 0 unspecified atom stereocenters. The Labute approximate surface area is 71.5 Å². The van der Waals surface area contributed by atoms with Crippen LogP contribution in [0.2, 0.25) is 0 Å². The summed E-state index contributed by atoms with van der Waals surface area (Å²) in [5.74, 6) is 0.493. The maximum Gasteiger partial charge on any atom is 0.0793 e. The molecule has 1 saturated carbocycles. The molecule has 2 fully saturated rings. The number of hydrogen-bond donors (Lipinski definition) is 1. The van der Waals surface area contributed by atoms with Crippen LogP contribution in [-0.4, -0.2) is 28.3 Å². The topological polar surface area (TPSA) is 52.9 Å². The second kappa shape index (κ2) is 2.69. The fourth-order valence-corrected chi connectivity index (χ4v) is 2.66. The number of nitroso groups, excluding NO2 is 1. The lowest BCUT2D eigenvalue weighted by Crippen LogP contribution is -2.37. The molecule has 1 N–H and O–H groups in total. The van der Waals surface area contributed by atoms with Gasteiger partial charge in [-0.05, 0) is 32.1 Å². The minimum atomic E-state index is -0.336. The van der Waals surface area contributed by atoms with E-state index in [1.807, 2.05) is 6.92 Å². The van der Waals surface area contributed by atoms with Crippen LogP contribution in [-0.2, 0) is 0 Å². The first-order valence-corrected chi connectivity index (χ1v) is 4.53. The maximum atomic E-state index is 10.5. The molecule has 0 spiro atoms. The van der Waals surface area contributed by atoms with Crippen molar-refractivity contribution in [3.63, 3.8) is 0 Å². The summed E-state index contributed by atoms with van der Waals surface area (Å²) in [7, 11) is 0. The minimum Gasteiger partial charge on any atom is -0.391 e. The Bertz CT molecular complexity index is 197. The third-order valence-electron chi connectivity index (χ3n) is 3.21. The van der Waals surface area contributed by atoms with Crippen LogP contribution in [0.25, 0.3) is 0 Å². The quantitative estimate of drug-likeness (QED) is 0.595. The second-order valence-corrected chi connectivity index (χ2v) is 3.94. The Morgan fingerprint density at radius 1 is 1.50 bits per heavy atom. The molecule has 0 amide bonds. The number of aliphatic hydroxyl groups is 1. The van der Waals surface area contributed by atoms with Gasteiger partial charge in [0.2, 0.25) is 0 Å². The van der Waals surface area contributed by atoms with E-state index in [0.29, 0.717) is 5.92 Å². The van der Waals surface area contributed by atoms with Crippen LogP contribution in [0.1, 0.15) is 26.2 Å². The van der Waals surface area contributed by atoms with Crippen molar-refractivity contribution in [1.82, 2.24) is 5.01 Å². The van der Waals surface area contributed by atoms with Crippen LogP contribution in [0.4, 0.5) is 0 Å². The molecule has 4 heteroatoms. The molecule has 0 bridgehead atoms. The van der Waals surface area contributed by atoms with E-state index >= 15 is 0 Å². The summed E-state index contributed by atoms with van der Waals surface area (Å²) in [5, 5.41) is 14.1. The molecule has 0 aromatic heterocycles. The molecule has 1 heterocycles. The first-order valence-electron chi connectivity index (χ1n) is 4.53. The summed E-state index contributed by atoms with van der Waals surface area (Å²) in [6, 6.07) is 0.227. The van der Waals surface area contributed by atoms with Gasteiger partial charge in [-0.2, -0.15) is 0 Å². The second-order valence-electron chi connectivity index (χ2n) is 3.94. The van der Waals surface area contributed by atoms with Gasteiger partial charge in [-0.3, -0.25) is 5.01 Å². The largest absolute Gasteiger partial charge is 0.391 e. The summed E-state index contributed by atoms with van der Waals surface area (Å²) in [5.41, 5.74) is 0. The predicted octanol–water partition coefficient (Wildman–Crippen LogP) is 0.901. The first-order chi connectivity index (χ1) is 5.74. The van der Waals surface area contributed by atoms with Crippen molar-refractivity contribution in [2.45, 2.75) is 44.4 Å². The Morgan fingerprint density at radius 3 is 2.92 bits per heavy atom. The van der Waals surface area contributed by atoms with Gasteiger partial charge in [0.15, 0.2) is 0 Å². The average Bonchev–Trinajstić information content (AvgIpc) is 2.52. The normalized spacial score (nSPS) is 46.3. The summed E-state index contributed by atoms with van der Waals surface area (Å²) in [6.45, 7) is 1.99. The molecule has 1 aliphatic heterocycles. The van der Waals surface area contributed by atoms with Crippen LogP contribution in [0.3, 0.4) is 0 Å². The van der Waals surface area contributed by atoms with Crippen molar-refractivity contribution >= 4 is 0 Å². The van der Waals surface area contributed by atoms with Gasteiger partial charge in [0.05, 0.1) is 17.4 Å². The van der Waals surface area contributed by atoms with E-state index in [0.717, 1.165) is 19.3 Å². The lowest BCUT2D eigenvalue weighted by molar-refractivity contribution is 0.0709. The van der Waals surface area contributed by atoms with E-state index in [9.17, 15) is 10.0 Å². The standard InChI is InChI=1S/C8H14N2O2/c1-5-4-6-2-3-7(11)8(6)10(5)9-12/h5-8,11H,2-4H2,1H3/t5-,6-,7+,8+/m0/s1. The molecule has 0 aromatic rings. The molecule has 2 rings (SSSR count). The molecule has 1 saturated heterocycles. The number of rotatable bonds is 1. The van der Waals surface area contributed by atoms with E-state index in [-0.39, 0.29) is 18.2 Å². The van der Waals surface area contributed by atoms with Gasteiger partial charge in [0.1, 0.15) is 0 Å². The maximum absolute atomic E-state index is 10.5. The number of aliphatic hydroxyl groups excluding tert-OH is 1. The van der Waals surface area contributed by atoms with Gasteiger partial charge >= 0.3 is 0 Å². The Hall–Kier alpha value is -0.640. The Kier molecular flexibility index (Phi) is 1.79. The average molecular weight is 170 g/mol. The lowest BCUT2D eigenvalue weighted by atomic mass is 10.0. The predicted molar refractivity (Wildman–Crippen MR) is 44.2 cm³/mol. The van der Waals surface area contributed by atoms with E-state index in [4.69, 9.17) is 0 Å². The van der Waals surface area contributed by atoms with Crippen molar-refractivity contribution in [2.75, 3.05) is 0 Å². The zero-order valence-corrected chi connectivity index (χ0v) is 7.18. The zero-order chi connectivity index (χ0) is 8.72. The van der Waals surface area contributed by atoms with Crippen molar-refractivity contribution in [2.24, 2.45) is 11.2 Å². The fourth-order valence-electron chi connectivity index (χ4n) is 2.66. The highest BCUT2D eigenvalue weighted by molar-refractivity contribution is 4.98. The molecule has 12 heavy (non-hydrogen) atoms. The van der Waals surface area contributed by atoms with E-state index in [2.05, 4.69) is 5.29 Å². The van der Waals surface area contributed by atoms with Crippen LogP contribution in [0.5, 0.6) is 0 Å². The molecule has 1 aliphatic carbocycles. The van der Waals surface area contributed by atoms with Crippen molar-refractivity contribution in [3.8, 4) is 0 Å². The molecule has 0 radical (unpaired) electrons. The fraction of sp³-hybridized carbons (Fsp3) is 1.00. The van der Waals surface area contributed by atoms with E-state index in [1.165, 1.54) is 0 Å². The van der Waals surface area contributed by atoms with Crippen LogP contribution in [0.15, 0.2) is 5.29 Å². The zero-order valence-electron chi connectivity index (χ0n) is 7.18. The summed E-state index contributed by atoms with van der Waals surface area (Å²) in [4.78, 5) is 10.5. The van der Waals surface area contributed by atoms with Crippen LogP contribution >= 0.6 is 0 Å². The van der Waals surface area contributed by atoms with Crippen molar-refractivity contribution in [3.05, 3.63) is 4.91 Å². The highest BCUT2D eigenvalue weighted by Gasteiger charge is 2.47. The smallest absolute Gasteiger partial charge is 0.0793 e. The highest BCUT2D eigenvalue weighted by Crippen LogP contribution is 2.41. The molecule has 68 valence electrons. The SMILES string of the molecule is C[C@H]1C[C@@H]2CC[C@@H](O)[C@@H]2N1N=O. The third-order valence-corrected chi connectivity index (χ3v) is 3.21. The molecule has 4 nitrogen and oxygen atoms in total. The molecular formula is C8H14N2O2. The van der Waals surface area contributed by atoms with E-state index in [1.54, 1.807) is 5.01 Å². The van der Waals surface area contributed by atoms with Crippen molar-refractivity contribution < 1.29 is 5.11 Å². The van der Waals surface area contributed by atoms with Gasteiger partial charge in [-0.25, -0.2) is 0 Å². The van der Waals surface area contributed by atoms with Gasteiger partial charge in [0.25, 0.3) is 0 Å². The van der Waals surface area contributed by atoms with Gasteiger partial charge in [-0.15, -0.1) is 4.91 Å². The third kappa shape index (κ3) is 0.941. The number of nitrogens with zero attached hydrogens (tertiary/aromatic N) is 2.